The molecule has 16 heavy (non-hydrogen) atoms. The summed E-state index contributed by atoms with van der Waals surface area (Å²) in [6, 6.07) is 7.51. The summed E-state index contributed by atoms with van der Waals surface area (Å²) in [5, 5.41) is 10.3. The van der Waals surface area contributed by atoms with Crippen LogP contribution in [0.15, 0.2) is 40.6 Å². The van der Waals surface area contributed by atoms with Crippen molar-refractivity contribution in [2.75, 3.05) is 0 Å². The van der Waals surface area contributed by atoms with Gasteiger partial charge in [-0.25, -0.2) is 4.98 Å². The van der Waals surface area contributed by atoms with Crippen LogP contribution in [-0.2, 0) is 7.05 Å². The average molecular weight is 250 g/mol. The maximum atomic E-state index is 9.02. The lowest BCUT2D eigenvalue weighted by Crippen LogP contribution is -1.90. The van der Waals surface area contributed by atoms with Crippen molar-refractivity contribution in [3.05, 3.63) is 41.2 Å². The quantitative estimate of drug-likeness (QED) is 0.821. The maximum absolute atomic E-state index is 9.02. The predicted molar refractivity (Wildman–Crippen MR) is 63.5 cm³/mol. The van der Waals surface area contributed by atoms with Crippen LogP contribution in [0.25, 0.3) is 0 Å². The summed E-state index contributed by atoms with van der Waals surface area (Å²) < 4.78 is 1.90. The fraction of sp³-hybridized carbons (Fsp3) is 0.0909. The first-order valence-electron chi connectivity index (χ1n) is 4.56. The number of aromatic nitrogens is 2. The summed E-state index contributed by atoms with van der Waals surface area (Å²) >= 11 is 7.38. The molecule has 0 radical (unpaired) electrons. The lowest BCUT2D eigenvalue weighted by Gasteiger charge is -2.04. The second-order valence-corrected chi connectivity index (χ2v) is 4.56. The number of imidazole rings is 1. The standard InChI is InChI=1S/C11H8ClN3S/c1-15-6-5-14-11(15)16-10-4-2-3-9(12)8(10)7-13/h2-6H,1H3. The second kappa shape index (κ2) is 4.60. The van der Waals surface area contributed by atoms with E-state index in [1.54, 1.807) is 12.3 Å². The van der Waals surface area contributed by atoms with Crippen molar-refractivity contribution >= 4 is 23.4 Å². The molecule has 0 saturated heterocycles. The number of benzene rings is 1. The fourth-order valence-electron chi connectivity index (χ4n) is 1.25. The van der Waals surface area contributed by atoms with Gasteiger partial charge in [-0.2, -0.15) is 5.26 Å². The first-order valence-corrected chi connectivity index (χ1v) is 5.75. The van der Waals surface area contributed by atoms with Crippen LogP contribution in [0.3, 0.4) is 0 Å². The molecule has 1 aromatic carbocycles. The van der Waals surface area contributed by atoms with E-state index in [1.807, 2.05) is 29.9 Å². The Balaban J connectivity index is 2.40. The molecule has 5 heteroatoms. The summed E-state index contributed by atoms with van der Waals surface area (Å²) in [7, 11) is 1.91. The van der Waals surface area contributed by atoms with Crippen LogP contribution in [-0.4, -0.2) is 9.55 Å². The molecule has 1 heterocycles. The van der Waals surface area contributed by atoms with Gasteiger partial charge in [0, 0.05) is 24.3 Å². The minimum Gasteiger partial charge on any atom is -0.329 e. The van der Waals surface area contributed by atoms with Gasteiger partial charge in [0.15, 0.2) is 5.16 Å². The molecule has 3 nitrogen and oxygen atoms in total. The summed E-state index contributed by atoms with van der Waals surface area (Å²) in [5.41, 5.74) is 0.497. The molecule has 2 rings (SSSR count). The first-order chi connectivity index (χ1) is 7.72. The van der Waals surface area contributed by atoms with E-state index in [2.05, 4.69) is 11.1 Å². The van der Waals surface area contributed by atoms with Crippen molar-refractivity contribution in [2.24, 2.45) is 7.05 Å². The SMILES string of the molecule is Cn1ccnc1Sc1cccc(Cl)c1C#N. The van der Waals surface area contributed by atoms with E-state index in [1.165, 1.54) is 11.8 Å². The molecular formula is C11H8ClN3S. The van der Waals surface area contributed by atoms with Gasteiger partial charge >= 0.3 is 0 Å². The minimum atomic E-state index is 0.474. The second-order valence-electron chi connectivity index (χ2n) is 3.15. The molecule has 1 aromatic heterocycles. The number of rotatable bonds is 2. The molecule has 0 aliphatic rings. The highest BCUT2D eigenvalue weighted by atomic mass is 35.5. The van der Waals surface area contributed by atoms with E-state index in [4.69, 9.17) is 16.9 Å². The van der Waals surface area contributed by atoms with Gasteiger partial charge in [0.1, 0.15) is 6.07 Å². The maximum Gasteiger partial charge on any atom is 0.172 e. The van der Waals surface area contributed by atoms with Crippen molar-refractivity contribution in [1.29, 1.82) is 5.26 Å². The Labute approximate surface area is 103 Å². The zero-order valence-electron chi connectivity index (χ0n) is 8.51. The Kier molecular flexibility index (Phi) is 3.18. The van der Waals surface area contributed by atoms with Crippen LogP contribution >= 0.6 is 23.4 Å². The van der Waals surface area contributed by atoms with E-state index in [0.717, 1.165) is 10.1 Å². The Hall–Kier alpha value is -1.44. The molecule has 0 bridgehead atoms. The number of nitriles is 1. The minimum absolute atomic E-state index is 0.474. The molecular weight excluding hydrogens is 242 g/mol. The fourth-order valence-corrected chi connectivity index (χ4v) is 2.44. The van der Waals surface area contributed by atoms with Crippen molar-refractivity contribution < 1.29 is 0 Å². The number of halogens is 1. The number of hydrogen-bond acceptors (Lipinski definition) is 3. The average Bonchev–Trinajstić information content (AvgIpc) is 2.65. The van der Waals surface area contributed by atoms with Crippen LogP contribution in [0, 0.1) is 11.3 Å². The topological polar surface area (TPSA) is 41.6 Å². The largest absolute Gasteiger partial charge is 0.329 e. The van der Waals surface area contributed by atoms with E-state index in [0.29, 0.717) is 10.6 Å². The van der Waals surface area contributed by atoms with Gasteiger partial charge in [-0.15, -0.1) is 0 Å². The van der Waals surface area contributed by atoms with Gasteiger partial charge in [-0.05, 0) is 12.1 Å². The van der Waals surface area contributed by atoms with Crippen molar-refractivity contribution in [1.82, 2.24) is 9.55 Å². The summed E-state index contributed by atoms with van der Waals surface area (Å²) in [6.07, 6.45) is 3.58. The molecule has 0 atom stereocenters. The molecule has 0 aliphatic heterocycles. The van der Waals surface area contributed by atoms with Crippen molar-refractivity contribution in [3.63, 3.8) is 0 Å². The smallest absolute Gasteiger partial charge is 0.172 e. The molecule has 80 valence electrons. The molecule has 0 aliphatic carbocycles. The van der Waals surface area contributed by atoms with Gasteiger partial charge in [-0.1, -0.05) is 29.4 Å². The summed E-state index contributed by atoms with van der Waals surface area (Å²) in [6.45, 7) is 0. The van der Waals surface area contributed by atoms with E-state index < -0.39 is 0 Å². The molecule has 2 aromatic rings. The predicted octanol–water partition coefficient (Wildman–Crippen LogP) is 3.10. The third kappa shape index (κ3) is 2.06. The van der Waals surface area contributed by atoms with Gasteiger partial charge in [-0.3, -0.25) is 0 Å². The van der Waals surface area contributed by atoms with Gasteiger partial charge in [0.2, 0.25) is 0 Å². The third-order valence-corrected chi connectivity index (χ3v) is 3.52. The van der Waals surface area contributed by atoms with Crippen LogP contribution in [0.5, 0.6) is 0 Å². The van der Waals surface area contributed by atoms with Crippen LogP contribution in [0.1, 0.15) is 5.56 Å². The Morgan fingerprint density at radius 1 is 1.50 bits per heavy atom. The summed E-state index contributed by atoms with van der Waals surface area (Å²) in [5.74, 6) is 0. The molecule has 0 N–H and O–H groups in total. The third-order valence-electron chi connectivity index (χ3n) is 2.07. The zero-order chi connectivity index (χ0) is 11.5. The molecule has 0 amide bonds. The molecule has 0 spiro atoms. The summed E-state index contributed by atoms with van der Waals surface area (Å²) in [4.78, 5) is 5.01. The first kappa shape index (κ1) is 11.1. The van der Waals surface area contributed by atoms with Gasteiger partial charge in [0.25, 0.3) is 0 Å². The van der Waals surface area contributed by atoms with E-state index in [9.17, 15) is 0 Å². The zero-order valence-corrected chi connectivity index (χ0v) is 10.1. The van der Waals surface area contributed by atoms with Crippen molar-refractivity contribution in [2.45, 2.75) is 10.1 Å². The normalized spacial score (nSPS) is 10.1. The molecule has 0 fully saturated rings. The van der Waals surface area contributed by atoms with E-state index in [-0.39, 0.29) is 0 Å². The number of aryl methyl sites for hydroxylation is 1. The number of nitrogens with zero attached hydrogens (tertiary/aromatic N) is 3. The number of hydrogen-bond donors (Lipinski definition) is 0. The van der Waals surface area contributed by atoms with E-state index >= 15 is 0 Å². The highest BCUT2D eigenvalue weighted by molar-refractivity contribution is 7.99. The van der Waals surface area contributed by atoms with Gasteiger partial charge < -0.3 is 4.57 Å². The Morgan fingerprint density at radius 2 is 2.31 bits per heavy atom. The van der Waals surface area contributed by atoms with Gasteiger partial charge in [0.05, 0.1) is 10.6 Å². The lowest BCUT2D eigenvalue weighted by atomic mass is 10.2. The Morgan fingerprint density at radius 3 is 2.94 bits per heavy atom. The molecule has 0 saturated carbocycles. The lowest BCUT2D eigenvalue weighted by molar-refractivity contribution is 0.790. The molecule has 0 unspecified atom stereocenters. The van der Waals surface area contributed by atoms with Crippen LogP contribution in [0.4, 0.5) is 0 Å². The van der Waals surface area contributed by atoms with Crippen LogP contribution < -0.4 is 0 Å². The van der Waals surface area contributed by atoms with Crippen LogP contribution in [0.2, 0.25) is 5.02 Å². The Bertz CT molecular complexity index is 557. The highest BCUT2D eigenvalue weighted by Crippen LogP contribution is 2.31. The monoisotopic (exact) mass is 249 g/mol. The van der Waals surface area contributed by atoms with Crippen molar-refractivity contribution in [3.8, 4) is 6.07 Å². The highest BCUT2D eigenvalue weighted by Gasteiger charge is 2.09.